The van der Waals surface area contributed by atoms with Gasteiger partial charge in [-0.1, -0.05) is 12.1 Å². The Morgan fingerprint density at radius 1 is 1.03 bits per heavy atom. The molecule has 1 saturated carbocycles. The summed E-state index contributed by atoms with van der Waals surface area (Å²) >= 11 is 0. The maximum atomic E-state index is 12.8. The van der Waals surface area contributed by atoms with Gasteiger partial charge in [0.05, 0.1) is 31.7 Å². The summed E-state index contributed by atoms with van der Waals surface area (Å²) < 4.78 is 55.6. The van der Waals surface area contributed by atoms with Crippen LogP contribution in [0.5, 0.6) is 17.6 Å². The number of rotatable bonds is 7. The molecule has 4 heterocycles. The molecule has 194 valence electrons. The van der Waals surface area contributed by atoms with Gasteiger partial charge in [-0.05, 0) is 36.0 Å². The molecule has 0 aliphatic heterocycles. The van der Waals surface area contributed by atoms with Crippen molar-refractivity contribution in [1.29, 1.82) is 0 Å². The molecule has 0 saturated heterocycles. The van der Waals surface area contributed by atoms with E-state index in [9.17, 15) is 13.2 Å². The van der Waals surface area contributed by atoms with Crippen LogP contribution in [0.15, 0.2) is 55.2 Å². The fourth-order valence-corrected chi connectivity index (χ4v) is 4.69. The van der Waals surface area contributed by atoms with Crippen LogP contribution < -0.4 is 14.2 Å². The Morgan fingerprint density at radius 3 is 2.68 bits per heavy atom. The van der Waals surface area contributed by atoms with Crippen molar-refractivity contribution < 1.29 is 27.4 Å². The molecule has 4 aromatic heterocycles. The zero-order valence-electron chi connectivity index (χ0n) is 20.3. The van der Waals surface area contributed by atoms with E-state index in [1.54, 1.807) is 29.3 Å². The number of pyridine rings is 1. The van der Waals surface area contributed by atoms with Gasteiger partial charge < -0.3 is 14.2 Å². The van der Waals surface area contributed by atoms with Gasteiger partial charge in [0.1, 0.15) is 5.75 Å². The van der Waals surface area contributed by atoms with Crippen LogP contribution in [0.1, 0.15) is 29.4 Å². The SMILES string of the molecule is COc1ncc(-c2cc(C3CC3c3ccc4cncc(OCC(F)(F)F)c4c3)c3nccn3n2)c(OC)n1. The van der Waals surface area contributed by atoms with Crippen LogP contribution in [-0.2, 0) is 0 Å². The van der Waals surface area contributed by atoms with Crippen LogP contribution in [-0.4, -0.2) is 56.6 Å². The highest BCUT2D eigenvalue weighted by atomic mass is 19.4. The first kappa shape index (κ1) is 23.9. The summed E-state index contributed by atoms with van der Waals surface area (Å²) in [7, 11) is 2.99. The first-order chi connectivity index (χ1) is 18.3. The largest absolute Gasteiger partial charge is 0.482 e. The van der Waals surface area contributed by atoms with Gasteiger partial charge in [0.2, 0.25) is 5.88 Å². The number of hydrogen-bond acceptors (Lipinski definition) is 8. The van der Waals surface area contributed by atoms with Gasteiger partial charge in [-0.2, -0.15) is 23.3 Å². The fraction of sp³-hybridized carbons (Fsp3) is 0.269. The van der Waals surface area contributed by atoms with Crippen molar-refractivity contribution in [2.75, 3.05) is 20.8 Å². The van der Waals surface area contributed by atoms with Gasteiger partial charge in [-0.15, -0.1) is 0 Å². The maximum Gasteiger partial charge on any atom is 0.422 e. The second-order valence-electron chi connectivity index (χ2n) is 8.93. The summed E-state index contributed by atoms with van der Waals surface area (Å²) in [5, 5.41) is 5.97. The molecule has 6 rings (SSSR count). The minimum absolute atomic E-state index is 0.104. The highest BCUT2D eigenvalue weighted by molar-refractivity contribution is 5.88. The molecule has 9 nitrogen and oxygen atoms in total. The zero-order chi connectivity index (χ0) is 26.4. The Balaban J connectivity index is 1.36. The molecule has 2 unspecified atom stereocenters. The molecular formula is C26H21F3N6O3. The van der Waals surface area contributed by atoms with Crippen molar-refractivity contribution in [2.24, 2.45) is 0 Å². The highest BCUT2D eigenvalue weighted by Crippen LogP contribution is 2.56. The number of benzene rings is 1. The average molecular weight is 522 g/mol. The molecule has 1 fully saturated rings. The van der Waals surface area contributed by atoms with E-state index in [2.05, 4.69) is 25.0 Å². The number of methoxy groups -OCH3 is 2. The smallest absolute Gasteiger partial charge is 0.422 e. The predicted molar refractivity (Wildman–Crippen MR) is 131 cm³/mol. The Bertz CT molecular complexity index is 1660. The zero-order valence-corrected chi connectivity index (χ0v) is 20.3. The Hall–Kier alpha value is -4.48. The molecule has 5 aromatic rings. The number of alkyl halides is 3. The molecule has 0 amide bonds. The second kappa shape index (κ2) is 9.12. The average Bonchev–Trinajstić information content (AvgIpc) is 3.58. The lowest BCUT2D eigenvalue weighted by molar-refractivity contribution is -0.153. The molecule has 0 spiro atoms. The lowest BCUT2D eigenvalue weighted by Crippen LogP contribution is -2.19. The number of halogens is 3. The third kappa shape index (κ3) is 4.42. The van der Waals surface area contributed by atoms with Gasteiger partial charge in [-0.25, -0.2) is 14.5 Å². The summed E-state index contributed by atoms with van der Waals surface area (Å²) in [6.07, 6.45) is 4.38. The van der Waals surface area contributed by atoms with Gasteiger partial charge in [0, 0.05) is 41.1 Å². The molecule has 38 heavy (non-hydrogen) atoms. The fourth-order valence-electron chi connectivity index (χ4n) is 4.69. The lowest BCUT2D eigenvalue weighted by Gasteiger charge is -2.12. The normalized spacial score (nSPS) is 17.1. The summed E-state index contributed by atoms with van der Waals surface area (Å²) in [6.45, 7) is -1.37. The number of ether oxygens (including phenoxy) is 3. The first-order valence-electron chi connectivity index (χ1n) is 11.7. The number of aromatic nitrogens is 6. The van der Waals surface area contributed by atoms with Crippen LogP contribution in [0.2, 0.25) is 0 Å². The topological polar surface area (TPSA) is 96.6 Å². The van der Waals surface area contributed by atoms with Gasteiger partial charge in [0.25, 0.3) is 0 Å². The predicted octanol–water partition coefficient (Wildman–Crippen LogP) is 4.96. The van der Waals surface area contributed by atoms with Gasteiger partial charge in [-0.3, -0.25) is 4.98 Å². The maximum absolute atomic E-state index is 12.8. The summed E-state index contributed by atoms with van der Waals surface area (Å²) in [5.74, 6) is 0.711. The lowest BCUT2D eigenvalue weighted by atomic mass is 10.0. The van der Waals surface area contributed by atoms with Gasteiger partial charge >= 0.3 is 12.2 Å². The van der Waals surface area contributed by atoms with Crippen molar-refractivity contribution in [3.05, 3.63) is 66.4 Å². The van der Waals surface area contributed by atoms with Crippen LogP contribution in [0.25, 0.3) is 27.7 Å². The molecule has 1 aliphatic rings. The molecular weight excluding hydrogens is 501 g/mol. The van der Waals surface area contributed by atoms with E-state index in [4.69, 9.17) is 14.2 Å². The van der Waals surface area contributed by atoms with Gasteiger partial charge in [0.15, 0.2) is 12.3 Å². The number of nitrogens with zero attached hydrogens (tertiary/aromatic N) is 6. The van der Waals surface area contributed by atoms with Crippen LogP contribution in [0, 0.1) is 0 Å². The molecule has 1 aromatic carbocycles. The first-order valence-corrected chi connectivity index (χ1v) is 11.7. The number of imidazole rings is 1. The van der Waals surface area contributed by atoms with Crippen LogP contribution >= 0.6 is 0 Å². The number of hydrogen-bond donors (Lipinski definition) is 0. The van der Waals surface area contributed by atoms with E-state index >= 15 is 0 Å². The Morgan fingerprint density at radius 2 is 1.89 bits per heavy atom. The third-order valence-corrected chi connectivity index (χ3v) is 6.53. The molecule has 2 atom stereocenters. The van der Waals surface area contributed by atoms with Crippen molar-refractivity contribution in [3.63, 3.8) is 0 Å². The van der Waals surface area contributed by atoms with E-state index in [-0.39, 0.29) is 23.6 Å². The van der Waals surface area contributed by atoms with Crippen LogP contribution in [0.3, 0.4) is 0 Å². The van der Waals surface area contributed by atoms with Crippen molar-refractivity contribution in [1.82, 2.24) is 29.5 Å². The van der Waals surface area contributed by atoms with E-state index < -0.39 is 12.8 Å². The highest BCUT2D eigenvalue weighted by Gasteiger charge is 2.41. The Kier molecular flexibility index (Phi) is 5.73. The molecule has 12 heteroatoms. The number of fused-ring (bicyclic) bond motifs is 2. The van der Waals surface area contributed by atoms with E-state index in [0.717, 1.165) is 23.2 Å². The van der Waals surface area contributed by atoms with E-state index in [0.29, 0.717) is 27.9 Å². The summed E-state index contributed by atoms with van der Waals surface area (Å²) in [5.41, 5.74) is 3.94. The molecule has 0 radical (unpaired) electrons. The van der Waals surface area contributed by atoms with E-state index in [1.807, 2.05) is 24.3 Å². The third-order valence-electron chi connectivity index (χ3n) is 6.53. The van der Waals surface area contributed by atoms with Crippen molar-refractivity contribution in [2.45, 2.75) is 24.4 Å². The van der Waals surface area contributed by atoms with Crippen molar-refractivity contribution >= 4 is 16.4 Å². The molecule has 0 bridgehead atoms. The second-order valence-corrected chi connectivity index (χ2v) is 8.93. The standard InChI is InChI=1S/C26H21F3N6O3/c1-36-24-20(11-32-25(33-24)37-2)21-9-19(23-31-5-6-35(23)34-21)18-8-16(18)14-3-4-15-10-30-12-22(17(15)7-14)38-13-26(27,28)29/h3-7,9-12,16,18H,8,13H2,1-2H3. The molecule has 0 N–H and O–H groups in total. The minimum atomic E-state index is -4.44. The monoisotopic (exact) mass is 522 g/mol. The Labute approximate surface area is 214 Å². The molecule has 1 aliphatic carbocycles. The minimum Gasteiger partial charge on any atom is -0.482 e. The summed E-state index contributed by atoms with van der Waals surface area (Å²) in [6, 6.07) is 7.87. The van der Waals surface area contributed by atoms with E-state index in [1.165, 1.54) is 20.4 Å². The van der Waals surface area contributed by atoms with Crippen molar-refractivity contribution in [3.8, 4) is 28.9 Å². The summed E-state index contributed by atoms with van der Waals surface area (Å²) in [4.78, 5) is 17.0. The van der Waals surface area contributed by atoms with Crippen LogP contribution in [0.4, 0.5) is 13.2 Å². The quantitative estimate of drug-likeness (QED) is 0.296.